The molecule has 7 nitrogen and oxygen atoms in total. The van der Waals surface area contributed by atoms with Gasteiger partial charge in [-0.25, -0.2) is 9.53 Å². The van der Waals surface area contributed by atoms with Crippen LogP contribution in [0.5, 0.6) is 5.75 Å². The Hall–Kier alpha value is -3.67. The number of para-hydroxylation sites is 1. The van der Waals surface area contributed by atoms with Gasteiger partial charge in [0.25, 0.3) is 11.5 Å². The third-order valence-electron chi connectivity index (χ3n) is 4.86. The Morgan fingerprint density at radius 2 is 2.06 bits per heavy atom. The minimum Gasteiger partial charge on any atom is -0.496 e. The first kappa shape index (κ1) is 21.6. The van der Waals surface area contributed by atoms with E-state index in [9.17, 15) is 9.59 Å². The Labute approximate surface area is 192 Å². The van der Waals surface area contributed by atoms with Crippen molar-refractivity contribution >= 4 is 34.5 Å². The average Bonchev–Trinajstić information content (AvgIpc) is 3.43. The molecule has 32 heavy (non-hydrogen) atoms. The van der Waals surface area contributed by atoms with E-state index in [1.54, 1.807) is 30.3 Å². The first-order valence-electron chi connectivity index (χ1n) is 9.61. The lowest BCUT2D eigenvalue weighted by atomic mass is 10.1. The molecule has 0 radical (unpaired) electrons. The summed E-state index contributed by atoms with van der Waals surface area (Å²) in [4.78, 5) is 32.8. The molecule has 4 aromatic rings. The number of methoxy groups -OCH3 is 1. The standard InChI is InChI=1S/C23H17ClN4O3S/c1-25-14-11-18(22(29)26-13-14)19-12-15(7-8-16-9-10-21(24)32-16)28(27-19)23(30)17-5-3-4-6-20(17)31-2/h3-6,9-13H,7-8H2,2H3,(H,26,29). The van der Waals surface area contributed by atoms with Crippen LogP contribution >= 0.6 is 22.9 Å². The number of rotatable bonds is 6. The van der Waals surface area contributed by atoms with Crippen LogP contribution in [0.15, 0.2) is 59.5 Å². The summed E-state index contributed by atoms with van der Waals surface area (Å²) in [6, 6.07) is 13.8. The maximum Gasteiger partial charge on any atom is 0.282 e. The van der Waals surface area contributed by atoms with Gasteiger partial charge in [-0.15, -0.1) is 11.3 Å². The Balaban J connectivity index is 1.79. The number of benzene rings is 1. The van der Waals surface area contributed by atoms with Gasteiger partial charge in [0, 0.05) is 16.8 Å². The van der Waals surface area contributed by atoms with Crippen LogP contribution in [0.3, 0.4) is 0 Å². The lowest BCUT2D eigenvalue weighted by Crippen LogP contribution is -2.18. The second-order valence-corrected chi connectivity index (χ2v) is 8.66. The van der Waals surface area contributed by atoms with E-state index in [0.717, 1.165) is 4.88 Å². The highest BCUT2D eigenvalue weighted by Crippen LogP contribution is 2.26. The number of hydrogen-bond donors (Lipinski definition) is 1. The third-order valence-corrected chi connectivity index (χ3v) is 6.15. The van der Waals surface area contributed by atoms with E-state index in [1.165, 1.54) is 35.4 Å². The number of ether oxygens (including phenoxy) is 1. The number of carbonyl (C=O) groups is 1. The molecule has 1 aromatic carbocycles. The highest BCUT2D eigenvalue weighted by Gasteiger charge is 2.21. The maximum absolute atomic E-state index is 13.4. The molecule has 0 bridgehead atoms. The third kappa shape index (κ3) is 4.35. The molecule has 1 N–H and O–H groups in total. The SMILES string of the molecule is [C-]#[N+]c1c[nH]c(=O)c(-c2cc(CCc3ccc(Cl)s3)n(C(=O)c3ccccc3OC)n2)c1. The molecule has 0 aliphatic rings. The number of H-pyrrole nitrogens is 1. The number of pyridine rings is 1. The minimum atomic E-state index is -0.386. The van der Waals surface area contributed by atoms with Crippen molar-refractivity contribution in [3.63, 3.8) is 0 Å². The van der Waals surface area contributed by atoms with Crippen LogP contribution < -0.4 is 10.3 Å². The summed E-state index contributed by atoms with van der Waals surface area (Å²) in [6.07, 6.45) is 2.50. The van der Waals surface area contributed by atoms with Crippen molar-refractivity contribution in [1.29, 1.82) is 0 Å². The lowest BCUT2D eigenvalue weighted by molar-refractivity contribution is 0.0939. The molecule has 0 atom stereocenters. The maximum atomic E-state index is 13.4. The fraction of sp³-hybridized carbons (Fsp3) is 0.130. The Bertz CT molecular complexity index is 1400. The molecule has 160 valence electrons. The molecule has 0 saturated heterocycles. The molecule has 9 heteroatoms. The van der Waals surface area contributed by atoms with Crippen LogP contribution in [-0.4, -0.2) is 27.8 Å². The number of halogens is 1. The van der Waals surface area contributed by atoms with Crippen molar-refractivity contribution in [2.45, 2.75) is 12.8 Å². The second-order valence-electron chi connectivity index (χ2n) is 6.86. The number of aryl methyl sites for hydroxylation is 2. The Morgan fingerprint density at radius 3 is 2.78 bits per heavy atom. The number of thiophene rings is 1. The molecule has 0 aliphatic carbocycles. The first-order chi connectivity index (χ1) is 15.5. The van der Waals surface area contributed by atoms with Gasteiger partial charge in [0.05, 0.1) is 34.8 Å². The number of aromatic amines is 1. The van der Waals surface area contributed by atoms with Gasteiger partial charge in [0.2, 0.25) is 5.69 Å². The Morgan fingerprint density at radius 1 is 1.25 bits per heavy atom. The van der Waals surface area contributed by atoms with E-state index in [0.29, 0.717) is 39.9 Å². The lowest BCUT2D eigenvalue weighted by Gasteiger charge is -2.09. The van der Waals surface area contributed by atoms with Crippen LogP contribution in [0.25, 0.3) is 16.1 Å². The van der Waals surface area contributed by atoms with Gasteiger partial charge in [-0.1, -0.05) is 23.7 Å². The predicted molar refractivity (Wildman–Crippen MR) is 124 cm³/mol. The zero-order valence-corrected chi connectivity index (χ0v) is 18.5. The molecule has 3 heterocycles. The van der Waals surface area contributed by atoms with Crippen molar-refractivity contribution in [1.82, 2.24) is 14.8 Å². The van der Waals surface area contributed by atoms with Crippen molar-refractivity contribution < 1.29 is 9.53 Å². The summed E-state index contributed by atoms with van der Waals surface area (Å²) >= 11 is 7.51. The number of nitrogens with one attached hydrogen (secondary N) is 1. The zero-order chi connectivity index (χ0) is 22.7. The highest BCUT2D eigenvalue weighted by atomic mass is 35.5. The normalized spacial score (nSPS) is 10.7. The fourth-order valence-corrected chi connectivity index (χ4v) is 4.39. The van der Waals surface area contributed by atoms with Gasteiger partial charge in [-0.05, 0) is 49.2 Å². The van der Waals surface area contributed by atoms with Gasteiger partial charge in [0.15, 0.2) is 0 Å². The fourth-order valence-electron chi connectivity index (χ4n) is 3.31. The summed E-state index contributed by atoms with van der Waals surface area (Å²) in [7, 11) is 1.50. The van der Waals surface area contributed by atoms with E-state index in [4.69, 9.17) is 22.9 Å². The van der Waals surface area contributed by atoms with Crippen LogP contribution in [0.2, 0.25) is 4.34 Å². The van der Waals surface area contributed by atoms with Gasteiger partial charge in [0.1, 0.15) is 5.75 Å². The first-order valence-corrected chi connectivity index (χ1v) is 10.8. The van der Waals surface area contributed by atoms with Crippen LogP contribution in [-0.2, 0) is 12.8 Å². The summed E-state index contributed by atoms with van der Waals surface area (Å²) in [5, 5.41) is 4.45. The predicted octanol–water partition coefficient (Wildman–Crippen LogP) is 4.99. The van der Waals surface area contributed by atoms with E-state index < -0.39 is 0 Å². The molecular weight excluding hydrogens is 448 g/mol. The van der Waals surface area contributed by atoms with E-state index in [2.05, 4.69) is 14.9 Å². The van der Waals surface area contributed by atoms with E-state index in [-0.39, 0.29) is 22.7 Å². The summed E-state index contributed by atoms with van der Waals surface area (Å²) in [5.74, 6) is 0.0593. The molecule has 0 saturated carbocycles. The second kappa shape index (κ2) is 9.22. The molecule has 0 unspecified atom stereocenters. The number of aromatic nitrogens is 3. The summed E-state index contributed by atoms with van der Waals surface area (Å²) < 4.78 is 7.33. The molecular formula is C23H17ClN4O3S. The molecule has 0 aliphatic heterocycles. The molecule has 0 amide bonds. The summed E-state index contributed by atoms with van der Waals surface area (Å²) in [5.41, 5.74) is 1.43. The largest absolute Gasteiger partial charge is 0.496 e. The Kier molecular flexibility index (Phi) is 6.21. The van der Waals surface area contributed by atoms with Crippen LogP contribution in [0.4, 0.5) is 5.69 Å². The van der Waals surface area contributed by atoms with Crippen molar-refractivity contribution in [3.8, 4) is 17.0 Å². The topological polar surface area (TPSA) is 81.3 Å². The van der Waals surface area contributed by atoms with Crippen LogP contribution in [0.1, 0.15) is 20.9 Å². The summed E-state index contributed by atoms with van der Waals surface area (Å²) in [6.45, 7) is 7.21. The molecule has 0 fully saturated rings. The van der Waals surface area contributed by atoms with Gasteiger partial charge in [-0.2, -0.15) is 5.10 Å². The van der Waals surface area contributed by atoms with Gasteiger partial charge in [-0.3, -0.25) is 9.59 Å². The van der Waals surface area contributed by atoms with Crippen molar-refractivity contribution in [2.75, 3.05) is 7.11 Å². The van der Waals surface area contributed by atoms with Crippen LogP contribution in [0, 0.1) is 6.57 Å². The number of nitrogens with zero attached hydrogens (tertiary/aromatic N) is 3. The average molecular weight is 465 g/mol. The number of hydrogen-bond acceptors (Lipinski definition) is 5. The molecule has 3 aromatic heterocycles. The smallest absolute Gasteiger partial charge is 0.282 e. The van der Waals surface area contributed by atoms with E-state index in [1.807, 2.05) is 12.1 Å². The van der Waals surface area contributed by atoms with Gasteiger partial charge >= 0.3 is 0 Å². The van der Waals surface area contributed by atoms with E-state index >= 15 is 0 Å². The minimum absolute atomic E-state index is 0.227. The molecule has 0 spiro atoms. The van der Waals surface area contributed by atoms with Gasteiger partial charge < -0.3 is 9.72 Å². The quantitative estimate of drug-likeness (QED) is 0.408. The monoisotopic (exact) mass is 464 g/mol. The van der Waals surface area contributed by atoms with Crippen molar-refractivity contribution in [2.24, 2.45) is 0 Å². The highest BCUT2D eigenvalue weighted by molar-refractivity contribution is 7.16. The zero-order valence-electron chi connectivity index (χ0n) is 17.0. The molecule has 4 rings (SSSR count). The van der Waals surface area contributed by atoms with Crippen molar-refractivity contribution in [3.05, 3.63) is 97.0 Å². The number of carbonyl (C=O) groups excluding carboxylic acids is 1.